The zero-order valence-corrected chi connectivity index (χ0v) is 14.5. The SMILES string of the molecule is CCCCc1ccc(C(=O)OC2=Cc3cc(F)c(F)c(F)c3CC2)cc1. The molecule has 0 heterocycles. The summed E-state index contributed by atoms with van der Waals surface area (Å²) in [5.74, 6) is -4.12. The standard InChI is InChI=1S/C21H19F3O2/c1-2-3-4-13-5-7-14(8-6-13)21(25)26-16-9-10-17-15(11-16)12-18(22)20(24)19(17)23/h5-8,11-12H,2-4,9-10H2,1H3. The van der Waals surface area contributed by atoms with Crippen molar-refractivity contribution in [2.45, 2.75) is 39.0 Å². The van der Waals surface area contributed by atoms with Crippen molar-refractivity contribution in [1.82, 2.24) is 0 Å². The second kappa shape index (κ2) is 7.77. The van der Waals surface area contributed by atoms with E-state index in [0.29, 0.717) is 11.3 Å². The lowest BCUT2D eigenvalue weighted by Gasteiger charge is -2.17. The lowest BCUT2D eigenvalue weighted by atomic mass is 9.95. The van der Waals surface area contributed by atoms with Gasteiger partial charge in [-0.15, -0.1) is 0 Å². The Bertz CT molecular complexity index is 855. The molecule has 136 valence electrons. The first-order valence-electron chi connectivity index (χ1n) is 8.67. The Hall–Kier alpha value is -2.56. The van der Waals surface area contributed by atoms with Crippen molar-refractivity contribution in [1.29, 1.82) is 0 Å². The first-order chi connectivity index (χ1) is 12.5. The highest BCUT2D eigenvalue weighted by Gasteiger charge is 2.22. The van der Waals surface area contributed by atoms with Gasteiger partial charge in [0.1, 0.15) is 5.76 Å². The van der Waals surface area contributed by atoms with E-state index in [2.05, 4.69) is 6.92 Å². The van der Waals surface area contributed by atoms with E-state index in [-0.39, 0.29) is 24.0 Å². The van der Waals surface area contributed by atoms with Crippen LogP contribution in [0.4, 0.5) is 13.2 Å². The van der Waals surface area contributed by atoms with Crippen molar-refractivity contribution in [3.8, 4) is 0 Å². The smallest absolute Gasteiger partial charge is 0.343 e. The van der Waals surface area contributed by atoms with Gasteiger partial charge >= 0.3 is 5.97 Å². The number of carbonyl (C=O) groups is 1. The lowest BCUT2D eigenvalue weighted by Crippen LogP contribution is -2.11. The lowest BCUT2D eigenvalue weighted by molar-refractivity contribution is 0.0617. The Labute approximate surface area is 150 Å². The fraction of sp³-hybridized carbons (Fsp3) is 0.286. The number of carbonyl (C=O) groups excluding carboxylic acids is 1. The second-order valence-corrected chi connectivity index (χ2v) is 6.35. The van der Waals surface area contributed by atoms with Crippen LogP contribution in [0.1, 0.15) is 53.2 Å². The summed E-state index contributed by atoms with van der Waals surface area (Å²) in [7, 11) is 0. The molecule has 0 spiro atoms. The molecule has 3 rings (SSSR count). The Morgan fingerprint density at radius 3 is 2.50 bits per heavy atom. The predicted octanol–water partition coefficient (Wildman–Crippen LogP) is 5.59. The minimum absolute atomic E-state index is 0.101. The highest BCUT2D eigenvalue weighted by Crippen LogP contribution is 2.29. The van der Waals surface area contributed by atoms with E-state index in [1.54, 1.807) is 12.1 Å². The molecule has 0 saturated heterocycles. The van der Waals surface area contributed by atoms with Crippen LogP contribution in [0.25, 0.3) is 6.08 Å². The van der Waals surface area contributed by atoms with Gasteiger partial charge in [0, 0.05) is 6.42 Å². The summed E-state index contributed by atoms with van der Waals surface area (Å²) in [5, 5.41) is 0. The first kappa shape index (κ1) is 18.2. The Kier molecular flexibility index (Phi) is 5.45. The molecule has 1 aliphatic rings. The Balaban J connectivity index is 1.74. The third kappa shape index (κ3) is 3.82. The van der Waals surface area contributed by atoms with Gasteiger partial charge < -0.3 is 4.74 Å². The minimum atomic E-state index is -1.47. The number of allylic oxidation sites excluding steroid dienone is 1. The molecule has 26 heavy (non-hydrogen) atoms. The number of ether oxygens (including phenoxy) is 1. The quantitative estimate of drug-likeness (QED) is 0.513. The average molecular weight is 360 g/mol. The zero-order chi connectivity index (χ0) is 18.7. The van der Waals surface area contributed by atoms with Gasteiger partial charge in [-0.25, -0.2) is 18.0 Å². The topological polar surface area (TPSA) is 26.3 Å². The maximum absolute atomic E-state index is 13.8. The number of hydrogen-bond donors (Lipinski definition) is 0. The summed E-state index contributed by atoms with van der Waals surface area (Å²) in [6, 6.07) is 8.12. The number of unbranched alkanes of at least 4 members (excludes halogenated alkanes) is 1. The van der Waals surface area contributed by atoms with Crippen LogP contribution in [0.3, 0.4) is 0 Å². The average Bonchev–Trinajstić information content (AvgIpc) is 2.65. The van der Waals surface area contributed by atoms with Gasteiger partial charge in [0.05, 0.1) is 5.56 Å². The van der Waals surface area contributed by atoms with E-state index in [1.807, 2.05) is 12.1 Å². The van der Waals surface area contributed by atoms with Crippen molar-refractivity contribution >= 4 is 12.0 Å². The van der Waals surface area contributed by atoms with Gasteiger partial charge in [-0.2, -0.15) is 0 Å². The van der Waals surface area contributed by atoms with Gasteiger partial charge in [-0.05, 0) is 60.2 Å². The van der Waals surface area contributed by atoms with E-state index in [4.69, 9.17) is 4.74 Å². The molecule has 0 N–H and O–H groups in total. The van der Waals surface area contributed by atoms with Gasteiger partial charge in [0.15, 0.2) is 17.5 Å². The third-order valence-electron chi connectivity index (χ3n) is 4.47. The van der Waals surface area contributed by atoms with Gasteiger partial charge in [0.2, 0.25) is 0 Å². The molecule has 0 unspecified atom stereocenters. The van der Waals surface area contributed by atoms with E-state index >= 15 is 0 Å². The maximum Gasteiger partial charge on any atom is 0.343 e. The molecule has 0 amide bonds. The van der Waals surface area contributed by atoms with Gasteiger partial charge in [0.25, 0.3) is 0 Å². The third-order valence-corrected chi connectivity index (χ3v) is 4.47. The Morgan fingerprint density at radius 1 is 1.08 bits per heavy atom. The van der Waals surface area contributed by atoms with Crippen LogP contribution in [-0.4, -0.2) is 5.97 Å². The minimum Gasteiger partial charge on any atom is -0.427 e. The van der Waals surface area contributed by atoms with Crippen molar-refractivity contribution in [2.75, 3.05) is 0 Å². The summed E-state index contributed by atoms with van der Waals surface area (Å²) >= 11 is 0. The molecule has 2 aromatic carbocycles. The van der Waals surface area contributed by atoms with E-state index in [9.17, 15) is 18.0 Å². The zero-order valence-electron chi connectivity index (χ0n) is 14.5. The summed E-state index contributed by atoms with van der Waals surface area (Å²) in [4.78, 5) is 12.3. The van der Waals surface area contributed by atoms with Crippen LogP contribution < -0.4 is 0 Å². The largest absolute Gasteiger partial charge is 0.427 e. The maximum atomic E-state index is 13.8. The molecule has 0 bridgehead atoms. The molecule has 0 aliphatic heterocycles. The molecular weight excluding hydrogens is 341 g/mol. The number of fused-ring (bicyclic) bond motifs is 1. The number of aryl methyl sites for hydroxylation is 1. The molecule has 0 atom stereocenters. The van der Waals surface area contributed by atoms with Gasteiger partial charge in [-0.3, -0.25) is 0 Å². The van der Waals surface area contributed by atoms with Crippen molar-refractivity contribution in [2.24, 2.45) is 0 Å². The van der Waals surface area contributed by atoms with Crippen LogP contribution in [0.15, 0.2) is 36.1 Å². The fourth-order valence-corrected chi connectivity index (χ4v) is 2.97. The second-order valence-electron chi connectivity index (χ2n) is 6.35. The molecule has 2 aromatic rings. The number of rotatable bonds is 5. The summed E-state index contributed by atoms with van der Waals surface area (Å²) in [5.41, 5.74) is 1.87. The van der Waals surface area contributed by atoms with Crippen molar-refractivity contribution in [3.63, 3.8) is 0 Å². The van der Waals surface area contributed by atoms with Crippen LogP contribution >= 0.6 is 0 Å². The molecule has 5 heteroatoms. The van der Waals surface area contributed by atoms with Crippen LogP contribution in [-0.2, 0) is 17.6 Å². The first-order valence-corrected chi connectivity index (χ1v) is 8.67. The van der Waals surface area contributed by atoms with Crippen LogP contribution in [0, 0.1) is 17.5 Å². The van der Waals surface area contributed by atoms with E-state index in [1.165, 1.54) is 6.08 Å². The normalized spacial score (nSPS) is 13.2. The van der Waals surface area contributed by atoms with Crippen LogP contribution in [0.5, 0.6) is 0 Å². The summed E-state index contributed by atoms with van der Waals surface area (Å²) < 4.78 is 45.8. The molecular formula is C21H19F3O2. The molecule has 0 saturated carbocycles. The number of esters is 1. The predicted molar refractivity (Wildman–Crippen MR) is 93.1 cm³/mol. The van der Waals surface area contributed by atoms with Gasteiger partial charge in [-0.1, -0.05) is 25.5 Å². The van der Waals surface area contributed by atoms with Crippen molar-refractivity contribution < 1.29 is 22.7 Å². The van der Waals surface area contributed by atoms with Crippen molar-refractivity contribution in [3.05, 3.63) is 75.8 Å². The summed E-state index contributed by atoms with van der Waals surface area (Å²) in [6.45, 7) is 2.12. The number of benzene rings is 2. The molecule has 2 nitrogen and oxygen atoms in total. The highest BCUT2D eigenvalue weighted by molar-refractivity contribution is 5.90. The van der Waals surface area contributed by atoms with E-state index < -0.39 is 23.4 Å². The molecule has 1 aliphatic carbocycles. The van der Waals surface area contributed by atoms with Crippen LogP contribution in [0.2, 0.25) is 0 Å². The fourth-order valence-electron chi connectivity index (χ4n) is 2.97. The van der Waals surface area contributed by atoms with E-state index in [0.717, 1.165) is 30.9 Å². The monoisotopic (exact) mass is 360 g/mol. The number of hydrogen-bond acceptors (Lipinski definition) is 2. The molecule has 0 aromatic heterocycles. The highest BCUT2D eigenvalue weighted by atomic mass is 19.2. The Morgan fingerprint density at radius 2 is 1.81 bits per heavy atom. The summed E-state index contributed by atoms with van der Waals surface area (Å²) in [6.07, 6.45) is 4.93. The molecule has 0 fully saturated rings. The number of halogens is 3. The molecule has 0 radical (unpaired) electrons.